The first kappa shape index (κ1) is 18.1. The SMILES string of the molecule is COc1cccc(OC)c1C(=O)P1(c2ccccc2)(c2ccccc2)OS1. The van der Waals surface area contributed by atoms with Gasteiger partial charge in [-0.3, -0.25) is 0 Å². The van der Waals surface area contributed by atoms with Crippen molar-refractivity contribution in [1.29, 1.82) is 0 Å². The Kier molecular flexibility index (Phi) is 4.47. The molecule has 3 aromatic rings. The van der Waals surface area contributed by atoms with Crippen LogP contribution in [0, 0.1) is 0 Å². The molecule has 0 amide bonds. The molecule has 1 heterocycles. The topological polar surface area (TPSA) is 48.1 Å². The van der Waals surface area contributed by atoms with Crippen LogP contribution in [0.4, 0.5) is 0 Å². The molecule has 1 fully saturated rings. The Morgan fingerprint density at radius 2 is 1.22 bits per heavy atom. The number of carbonyl (C=O) groups excluding carboxylic acids is 1. The Labute approximate surface area is 162 Å². The third kappa shape index (κ3) is 2.50. The predicted octanol–water partition coefficient (Wildman–Crippen LogP) is 4.56. The van der Waals surface area contributed by atoms with E-state index < -0.39 is 6.03 Å². The second kappa shape index (κ2) is 6.68. The molecule has 27 heavy (non-hydrogen) atoms. The quantitative estimate of drug-likeness (QED) is 0.346. The summed E-state index contributed by atoms with van der Waals surface area (Å²) in [6.45, 7) is 0. The Bertz CT molecular complexity index is 922. The molecule has 4 nitrogen and oxygen atoms in total. The summed E-state index contributed by atoms with van der Waals surface area (Å²) in [4.78, 5) is 14.2. The zero-order valence-corrected chi connectivity index (χ0v) is 16.7. The van der Waals surface area contributed by atoms with Gasteiger partial charge in [-0.25, -0.2) is 0 Å². The first-order valence-corrected chi connectivity index (χ1v) is 11.9. The molecule has 0 unspecified atom stereocenters. The Morgan fingerprint density at radius 1 is 0.778 bits per heavy atom. The monoisotopic (exact) mass is 398 g/mol. The van der Waals surface area contributed by atoms with Gasteiger partial charge in [-0.05, 0) is 0 Å². The molecule has 0 bridgehead atoms. The van der Waals surface area contributed by atoms with Gasteiger partial charge >= 0.3 is 162 Å². The van der Waals surface area contributed by atoms with Crippen molar-refractivity contribution in [3.63, 3.8) is 0 Å². The normalized spacial score (nSPS) is 17.9. The van der Waals surface area contributed by atoms with E-state index in [-0.39, 0.29) is 5.52 Å². The van der Waals surface area contributed by atoms with Gasteiger partial charge in [0, 0.05) is 0 Å². The zero-order valence-electron chi connectivity index (χ0n) is 15.0. The van der Waals surface area contributed by atoms with Crippen LogP contribution in [0.25, 0.3) is 0 Å². The van der Waals surface area contributed by atoms with Crippen molar-refractivity contribution in [2.75, 3.05) is 14.2 Å². The molecule has 1 saturated heterocycles. The summed E-state index contributed by atoms with van der Waals surface area (Å²) in [6.07, 6.45) is 0. The number of methoxy groups -OCH3 is 2. The second-order valence-corrected chi connectivity index (χ2v) is 12.8. The predicted molar refractivity (Wildman–Crippen MR) is 112 cm³/mol. The molecular weight excluding hydrogens is 379 g/mol. The maximum absolute atomic E-state index is 14.2. The molecule has 0 atom stereocenters. The minimum atomic E-state index is -3.58. The fraction of sp³-hybridized carbons (Fsp3) is 0.0952. The van der Waals surface area contributed by atoms with Crippen molar-refractivity contribution in [2.45, 2.75) is 0 Å². The van der Waals surface area contributed by atoms with E-state index in [1.54, 1.807) is 32.4 Å². The molecule has 4 rings (SSSR count). The van der Waals surface area contributed by atoms with Crippen LogP contribution >= 0.6 is 17.7 Å². The summed E-state index contributed by atoms with van der Waals surface area (Å²) < 4.78 is 17.2. The van der Waals surface area contributed by atoms with Gasteiger partial charge in [-0.1, -0.05) is 0 Å². The molecule has 138 valence electrons. The average molecular weight is 398 g/mol. The van der Waals surface area contributed by atoms with E-state index in [2.05, 4.69) is 0 Å². The van der Waals surface area contributed by atoms with E-state index in [1.807, 2.05) is 60.7 Å². The summed E-state index contributed by atoms with van der Waals surface area (Å²) in [5, 5.41) is 1.77. The van der Waals surface area contributed by atoms with E-state index >= 15 is 0 Å². The third-order valence-corrected chi connectivity index (χ3v) is 12.3. The van der Waals surface area contributed by atoms with Crippen LogP contribution < -0.4 is 20.1 Å². The van der Waals surface area contributed by atoms with E-state index in [9.17, 15) is 4.79 Å². The fourth-order valence-corrected chi connectivity index (χ4v) is 10.4. The average Bonchev–Trinajstić information content (AvgIpc) is 3.53. The maximum atomic E-state index is 14.2. The number of hydrogen-bond donors (Lipinski definition) is 0. The first-order chi connectivity index (χ1) is 13.2. The summed E-state index contributed by atoms with van der Waals surface area (Å²) in [6, 6.07) is 21.2. The van der Waals surface area contributed by atoms with E-state index in [1.165, 1.54) is 11.7 Å². The van der Waals surface area contributed by atoms with Crippen LogP contribution in [0.5, 0.6) is 11.5 Å². The second-order valence-electron chi connectivity index (χ2n) is 6.12. The molecule has 0 aromatic heterocycles. The number of carbonyl (C=O) groups is 1. The molecule has 1 aliphatic heterocycles. The summed E-state index contributed by atoms with van der Waals surface area (Å²) in [7, 11) is 3.11. The molecule has 0 aliphatic carbocycles. The third-order valence-electron chi connectivity index (χ3n) is 4.76. The van der Waals surface area contributed by atoms with Gasteiger partial charge in [0.1, 0.15) is 0 Å². The Hall–Kier alpha value is -2.33. The van der Waals surface area contributed by atoms with Crippen LogP contribution in [-0.2, 0) is 3.97 Å². The molecule has 0 N–H and O–H groups in total. The van der Waals surface area contributed by atoms with Crippen molar-refractivity contribution in [2.24, 2.45) is 0 Å². The Morgan fingerprint density at radius 3 is 1.59 bits per heavy atom. The van der Waals surface area contributed by atoms with Crippen LogP contribution in [0.1, 0.15) is 10.4 Å². The fourth-order valence-electron chi connectivity index (χ4n) is 3.34. The number of hydrogen-bond acceptors (Lipinski definition) is 5. The summed E-state index contributed by atoms with van der Waals surface area (Å²) >= 11 is 1.28. The van der Waals surface area contributed by atoms with E-state index in [0.717, 1.165) is 10.6 Å². The van der Waals surface area contributed by atoms with Gasteiger partial charge in [0.05, 0.1) is 0 Å². The molecule has 0 spiro atoms. The summed E-state index contributed by atoms with van der Waals surface area (Å²) in [5.74, 6) is 0.956. The number of benzene rings is 3. The van der Waals surface area contributed by atoms with Crippen LogP contribution in [-0.4, -0.2) is 19.7 Å². The van der Waals surface area contributed by atoms with Crippen LogP contribution in [0.3, 0.4) is 0 Å². The Balaban J connectivity index is 2.03. The van der Waals surface area contributed by atoms with Crippen LogP contribution in [0.15, 0.2) is 78.9 Å². The molecule has 0 saturated carbocycles. The van der Waals surface area contributed by atoms with Gasteiger partial charge < -0.3 is 0 Å². The van der Waals surface area contributed by atoms with Crippen LogP contribution in [0.2, 0.25) is 0 Å². The van der Waals surface area contributed by atoms with E-state index in [4.69, 9.17) is 13.4 Å². The minimum absolute atomic E-state index is 0.0994. The summed E-state index contributed by atoms with van der Waals surface area (Å²) in [5.41, 5.74) is 0.315. The number of ether oxygens (including phenoxy) is 2. The molecule has 1 aliphatic rings. The standard InChI is InChI=1S/C21H19O4PS/c1-23-18-14-9-15-19(24-2)20(18)21(22)26(25-27-26,16-10-5-3-6-11-16)17-12-7-4-8-13-17/h3-15H,1-2H3. The molecule has 3 aromatic carbocycles. The first-order valence-electron chi connectivity index (χ1n) is 8.45. The molecular formula is C21H19O4PS. The van der Waals surface area contributed by atoms with Crippen molar-refractivity contribution >= 4 is 33.8 Å². The number of rotatable bonds is 6. The van der Waals surface area contributed by atoms with Gasteiger partial charge in [0.25, 0.3) is 0 Å². The molecule has 0 radical (unpaired) electrons. The van der Waals surface area contributed by atoms with Crippen molar-refractivity contribution in [3.8, 4) is 11.5 Å². The molecule has 6 heteroatoms. The van der Waals surface area contributed by atoms with Gasteiger partial charge in [-0.15, -0.1) is 0 Å². The van der Waals surface area contributed by atoms with Crippen molar-refractivity contribution < 1.29 is 18.2 Å². The van der Waals surface area contributed by atoms with E-state index in [0.29, 0.717) is 17.1 Å². The van der Waals surface area contributed by atoms with Gasteiger partial charge in [0.15, 0.2) is 0 Å². The zero-order chi connectivity index (χ0) is 18.9. The van der Waals surface area contributed by atoms with Crippen molar-refractivity contribution in [1.82, 2.24) is 0 Å². The van der Waals surface area contributed by atoms with Crippen molar-refractivity contribution in [3.05, 3.63) is 84.4 Å². The van der Waals surface area contributed by atoms with Gasteiger partial charge in [0.2, 0.25) is 0 Å². The van der Waals surface area contributed by atoms with Gasteiger partial charge in [-0.2, -0.15) is 0 Å².